The number of hydrogen-bond acceptors (Lipinski definition) is 4. The molecule has 0 radical (unpaired) electrons. The molecule has 60 valence electrons. The van der Waals surface area contributed by atoms with Crippen LogP contribution in [-0.4, -0.2) is 27.2 Å². The first-order chi connectivity index (χ1) is 5.11. The van der Waals surface area contributed by atoms with Crippen LogP contribution in [0.4, 0.5) is 0 Å². The summed E-state index contributed by atoms with van der Waals surface area (Å²) in [6.07, 6.45) is 1.34. The molecule has 0 bridgehead atoms. The summed E-state index contributed by atoms with van der Waals surface area (Å²) in [4.78, 5) is 9.76. The first-order valence-electron chi connectivity index (χ1n) is 2.84. The molecule has 1 aliphatic heterocycles. The molecule has 11 heavy (non-hydrogen) atoms. The van der Waals surface area contributed by atoms with Crippen LogP contribution in [0.15, 0.2) is 16.7 Å². The van der Waals surface area contributed by atoms with E-state index in [0.29, 0.717) is 0 Å². The number of hydrogen-bond donors (Lipinski definition) is 0. The van der Waals surface area contributed by atoms with E-state index < -0.39 is 9.84 Å². The van der Waals surface area contributed by atoms with Gasteiger partial charge < -0.3 is 4.74 Å². The van der Waals surface area contributed by atoms with Crippen molar-refractivity contribution in [3.63, 3.8) is 0 Å². The Morgan fingerprint density at radius 3 is 2.64 bits per heavy atom. The molecule has 0 spiro atoms. The van der Waals surface area contributed by atoms with Gasteiger partial charge in [0.15, 0.2) is 14.7 Å². The van der Waals surface area contributed by atoms with E-state index >= 15 is 0 Å². The maximum absolute atomic E-state index is 10.9. The SMILES string of the molecule is COC1=CCS(=O)(=O)C1=C=O. The maximum atomic E-state index is 10.9. The van der Waals surface area contributed by atoms with Crippen LogP contribution in [0.1, 0.15) is 0 Å². The van der Waals surface area contributed by atoms with Gasteiger partial charge in [-0.05, 0) is 6.08 Å². The lowest BCUT2D eigenvalue weighted by Crippen LogP contribution is -2.02. The van der Waals surface area contributed by atoms with Gasteiger partial charge in [0.1, 0.15) is 11.7 Å². The van der Waals surface area contributed by atoms with E-state index in [1.54, 1.807) is 0 Å². The molecule has 0 aromatic rings. The third-order valence-electron chi connectivity index (χ3n) is 1.34. The summed E-state index contributed by atoms with van der Waals surface area (Å²) in [5.74, 6) is 1.27. The quantitative estimate of drug-likeness (QED) is 0.510. The highest BCUT2D eigenvalue weighted by atomic mass is 32.2. The second kappa shape index (κ2) is 2.53. The van der Waals surface area contributed by atoms with Gasteiger partial charge in [0, 0.05) is 0 Å². The van der Waals surface area contributed by atoms with Gasteiger partial charge >= 0.3 is 0 Å². The first-order valence-corrected chi connectivity index (χ1v) is 4.49. The minimum atomic E-state index is -3.42. The summed E-state index contributed by atoms with van der Waals surface area (Å²) in [6, 6.07) is 0. The number of methoxy groups -OCH3 is 1. The van der Waals surface area contributed by atoms with Crippen molar-refractivity contribution < 1.29 is 17.9 Å². The van der Waals surface area contributed by atoms with Crippen LogP contribution in [0, 0.1) is 0 Å². The van der Waals surface area contributed by atoms with Crippen molar-refractivity contribution in [2.24, 2.45) is 0 Å². The summed E-state index contributed by atoms with van der Waals surface area (Å²) >= 11 is 0. The first kappa shape index (κ1) is 8.04. The molecular weight excluding hydrogens is 168 g/mol. The van der Waals surface area contributed by atoms with E-state index in [9.17, 15) is 13.2 Å². The van der Waals surface area contributed by atoms with Crippen molar-refractivity contribution in [1.29, 1.82) is 0 Å². The van der Waals surface area contributed by atoms with Gasteiger partial charge in [0.25, 0.3) is 0 Å². The molecule has 0 atom stereocenters. The highest BCUT2D eigenvalue weighted by molar-refractivity contribution is 7.96. The fraction of sp³-hybridized carbons (Fsp3) is 0.333. The normalized spacial score (nSPS) is 20.8. The fourth-order valence-corrected chi connectivity index (χ4v) is 1.94. The van der Waals surface area contributed by atoms with Crippen molar-refractivity contribution >= 4 is 15.8 Å². The molecule has 5 heteroatoms. The lowest BCUT2D eigenvalue weighted by Gasteiger charge is -1.96. The van der Waals surface area contributed by atoms with Crippen molar-refractivity contribution in [2.45, 2.75) is 0 Å². The van der Waals surface area contributed by atoms with Crippen LogP contribution < -0.4 is 0 Å². The standard InChI is InChI=1S/C6H6O4S/c1-10-5-2-3-11(8,9)6(5)4-7/h2H,3H2,1H3. The Kier molecular flexibility index (Phi) is 1.85. The predicted molar refractivity (Wildman–Crippen MR) is 38.1 cm³/mol. The Bertz CT molecular complexity index is 343. The van der Waals surface area contributed by atoms with Crippen LogP contribution in [0.25, 0.3) is 0 Å². The molecule has 0 aromatic heterocycles. The average molecular weight is 174 g/mol. The number of sulfone groups is 1. The number of rotatable bonds is 1. The molecule has 0 N–H and O–H groups in total. The van der Waals surface area contributed by atoms with Crippen LogP contribution in [0.5, 0.6) is 0 Å². The van der Waals surface area contributed by atoms with E-state index in [1.165, 1.54) is 19.1 Å². The van der Waals surface area contributed by atoms with Gasteiger partial charge in [0.05, 0.1) is 12.9 Å². The van der Waals surface area contributed by atoms with Crippen LogP contribution in [0.3, 0.4) is 0 Å². The highest BCUT2D eigenvalue weighted by Gasteiger charge is 2.29. The summed E-state index contributed by atoms with van der Waals surface area (Å²) in [7, 11) is -2.11. The van der Waals surface area contributed by atoms with Gasteiger partial charge in [-0.15, -0.1) is 0 Å². The van der Waals surface area contributed by atoms with Gasteiger partial charge in [-0.2, -0.15) is 0 Å². The second-order valence-corrected chi connectivity index (χ2v) is 3.96. The van der Waals surface area contributed by atoms with E-state index in [1.807, 2.05) is 0 Å². The fourth-order valence-electron chi connectivity index (χ4n) is 0.804. The summed E-state index contributed by atoms with van der Waals surface area (Å²) < 4.78 is 26.5. The van der Waals surface area contributed by atoms with Gasteiger partial charge in [0.2, 0.25) is 0 Å². The number of carbonyl (C=O) groups excluding carboxylic acids is 1. The summed E-state index contributed by atoms with van der Waals surface area (Å²) in [5, 5.41) is 0. The molecule has 4 nitrogen and oxygen atoms in total. The highest BCUT2D eigenvalue weighted by Crippen LogP contribution is 2.22. The molecule has 0 fully saturated rings. The molecule has 1 heterocycles. The lowest BCUT2D eigenvalue weighted by molar-refractivity contribution is 0.305. The van der Waals surface area contributed by atoms with E-state index in [0.717, 1.165) is 0 Å². The van der Waals surface area contributed by atoms with Gasteiger partial charge in [-0.1, -0.05) is 0 Å². The van der Waals surface area contributed by atoms with Gasteiger partial charge in [-0.3, -0.25) is 0 Å². The van der Waals surface area contributed by atoms with Crippen molar-refractivity contribution in [1.82, 2.24) is 0 Å². The molecule has 1 aliphatic rings. The summed E-state index contributed by atoms with van der Waals surface area (Å²) in [6.45, 7) is 0. The molecule has 0 aromatic carbocycles. The Labute approximate surface area is 64.1 Å². The molecule has 0 saturated carbocycles. The Morgan fingerprint density at radius 2 is 2.27 bits per heavy atom. The van der Waals surface area contributed by atoms with E-state index in [4.69, 9.17) is 0 Å². The molecule has 0 amide bonds. The Hall–Kier alpha value is -1.06. The van der Waals surface area contributed by atoms with Crippen molar-refractivity contribution in [2.75, 3.05) is 12.9 Å². The van der Waals surface area contributed by atoms with Crippen LogP contribution in [0.2, 0.25) is 0 Å². The topological polar surface area (TPSA) is 60.4 Å². The lowest BCUT2D eigenvalue weighted by atomic mass is 10.4. The monoisotopic (exact) mass is 174 g/mol. The Balaban J connectivity index is 3.22. The number of ether oxygens (including phenoxy) is 1. The second-order valence-electron chi connectivity index (χ2n) is 1.99. The largest absolute Gasteiger partial charge is 0.495 e. The Morgan fingerprint density at radius 1 is 1.64 bits per heavy atom. The smallest absolute Gasteiger partial charge is 0.196 e. The molecule has 0 aliphatic carbocycles. The average Bonchev–Trinajstić information content (AvgIpc) is 2.24. The maximum Gasteiger partial charge on any atom is 0.196 e. The zero-order valence-corrected chi connectivity index (χ0v) is 6.64. The van der Waals surface area contributed by atoms with Crippen molar-refractivity contribution in [3.8, 4) is 0 Å². The molecule has 1 rings (SSSR count). The molecule has 0 unspecified atom stereocenters. The summed E-state index contributed by atoms with van der Waals surface area (Å²) in [5.41, 5.74) is 0. The van der Waals surface area contributed by atoms with E-state index in [-0.39, 0.29) is 16.4 Å². The minimum absolute atomic E-state index is 0.0972. The predicted octanol–water partition coefficient (Wildman–Crippen LogP) is -0.339. The van der Waals surface area contributed by atoms with E-state index in [2.05, 4.69) is 4.74 Å². The molecule has 0 saturated heterocycles. The zero-order valence-electron chi connectivity index (χ0n) is 5.83. The zero-order chi connectivity index (χ0) is 8.48. The van der Waals surface area contributed by atoms with Crippen molar-refractivity contribution in [3.05, 3.63) is 16.7 Å². The third kappa shape index (κ3) is 1.20. The van der Waals surface area contributed by atoms with Crippen LogP contribution >= 0.6 is 0 Å². The van der Waals surface area contributed by atoms with Crippen LogP contribution in [-0.2, 0) is 19.4 Å². The molecular formula is C6H6O4S. The van der Waals surface area contributed by atoms with Gasteiger partial charge in [-0.25, -0.2) is 13.2 Å². The third-order valence-corrected chi connectivity index (χ3v) is 2.85. The minimum Gasteiger partial charge on any atom is -0.495 e.